The molecule has 2 aromatic heterocycles. The molecule has 0 aliphatic heterocycles. The first-order valence-corrected chi connectivity index (χ1v) is 9.44. The van der Waals surface area contributed by atoms with E-state index >= 15 is 0 Å². The fraction of sp³-hybridized carbons (Fsp3) is 0.333. The molecule has 0 fully saturated rings. The van der Waals surface area contributed by atoms with Crippen LogP contribution in [0, 0.1) is 27.7 Å². The zero-order chi connectivity index (χ0) is 21.1. The molecule has 0 saturated heterocycles. The molecule has 3 aromatic rings. The zero-order valence-corrected chi connectivity index (χ0v) is 17.4. The number of hydrogen-bond donors (Lipinski definition) is 2. The second-order valence-corrected chi connectivity index (χ2v) is 7.10. The summed E-state index contributed by atoms with van der Waals surface area (Å²) >= 11 is 0. The summed E-state index contributed by atoms with van der Waals surface area (Å²) < 4.78 is 3.57. The van der Waals surface area contributed by atoms with Gasteiger partial charge in [-0.2, -0.15) is 10.2 Å². The smallest absolute Gasteiger partial charge is 0.313 e. The van der Waals surface area contributed by atoms with Crippen LogP contribution in [0.3, 0.4) is 0 Å². The molecule has 8 nitrogen and oxygen atoms in total. The van der Waals surface area contributed by atoms with Crippen molar-refractivity contribution in [3.05, 3.63) is 64.2 Å². The van der Waals surface area contributed by atoms with Gasteiger partial charge in [0, 0.05) is 24.8 Å². The van der Waals surface area contributed by atoms with Crippen LogP contribution in [-0.2, 0) is 29.7 Å². The Hall–Kier alpha value is -3.42. The summed E-state index contributed by atoms with van der Waals surface area (Å²) in [5.74, 6) is -1.41. The topological polar surface area (TPSA) is 93.8 Å². The van der Waals surface area contributed by atoms with Crippen molar-refractivity contribution in [2.45, 2.75) is 40.8 Å². The van der Waals surface area contributed by atoms with Crippen molar-refractivity contribution in [2.24, 2.45) is 7.05 Å². The lowest BCUT2D eigenvalue weighted by atomic mass is 10.2. The number of nitrogens with one attached hydrogen (secondary N) is 2. The number of rotatable bonds is 5. The Labute approximate surface area is 169 Å². The molecule has 0 radical (unpaired) electrons. The molecule has 0 aliphatic carbocycles. The second kappa shape index (κ2) is 8.30. The van der Waals surface area contributed by atoms with Crippen LogP contribution in [0.5, 0.6) is 0 Å². The predicted octanol–water partition coefficient (Wildman–Crippen LogP) is 2.15. The van der Waals surface area contributed by atoms with Gasteiger partial charge in [0.05, 0.1) is 29.3 Å². The lowest BCUT2D eigenvalue weighted by Gasteiger charge is -2.08. The SMILES string of the molecule is Cc1nn(C)c(C)c1CNC(=O)C(=O)Nc1c(C)nn(Cc2ccccc2)c1C. The number of amides is 2. The minimum Gasteiger partial charge on any atom is -0.344 e. The van der Waals surface area contributed by atoms with E-state index in [9.17, 15) is 9.59 Å². The maximum Gasteiger partial charge on any atom is 0.313 e. The van der Waals surface area contributed by atoms with Crippen molar-refractivity contribution >= 4 is 17.5 Å². The van der Waals surface area contributed by atoms with Gasteiger partial charge in [0.1, 0.15) is 0 Å². The minimum absolute atomic E-state index is 0.253. The quantitative estimate of drug-likeness (QED) is 0.649. The highest BCUT2D eigenvalue weighted by Crippen LogP contribution is 2.20. The molecular weight excluding hydrogens is 368 g/mol. The van der Waals surface area contributed by atoms with Crippen LogP contribution in [0.2, 0.25) is 0 Å². The first kappa shape index (κ1) is 20.3. The first-order chi connectivity index (χ1) is 13.8. The van der Waals surface area contributed by atoms with E-state index in [1.807, 2.05) is 69.8 Å². The van der Waals surface area contributed by atoms with Gasteiger partial charge in [0.25, 0.3) is 0 Å². The molecule has 0 bridgehead atoms. The molecule has 29 heavy (non-hydrogen) atoms. The Balaban J connectivity index is 1.66. The van der Waals surface area contributed by atoms with E-state index < -0.39 is 11.8 Å². The highest BCUT2D eigenvalue weighted by atomic mass is 16.2. The number of anilines is 1. The summed E-state index contributed by atoms with van der Waals surface area (Å²) in [6, 6.07) is 9.94. The van der Waals surface area contributed by atoms with E-state index in [0.717, 1.165) is 28.2 Å². The molecule has 0 atom stereocenters. The minimum atomic E-state index is -0.713. The molecule has 2 N–H and O–H groups in total. The van der Waals surface area contributed by atoms with Gasteiger partial charge in [-0.05, 0) is 33.3 Å². The summed E-state index contributed by atoms with van der Waals surface area (Å²) in [4.78, 5) is 24.7. The lowest BCUT2D eigenvalue weighted by molar-refractivity contribution is -0.136. The summed E-state index contributed by atoms with van der Waals surface area (Å²) in [5, 5.41) is 14.2. The molecule has 8 heteroatoms. The summed E-state index contributed by atoms with van der Waals surface area (Å²) in [7, 11) is 1.85. The summed E-state index contributed by atoms with van der Waals surface area (Å²) in [5.41, 5.74) is 5.84. The van der Waals surface area contributed by atoms with Crippen molar-refractivity contribution in [3.8, 4) is 0 Å². The molecule has 0 aliphatic rings. The van der Waals surface area contributed by atoms with Gasteiger partial charge in [0.15, 0.2) is 0 Å². The van der Waals surface area contributed by atoms with Gasteiger partial charge in [-0.25, -0.2) is 0 Å². The Kier molecular flexibility index (Phi) is 5.81. The monoisotopic (exact) mass is 394 g/mol. The van der Waals surface area contributed by atoms with E-state index in [-0.39, 0.29) is 6.54 Å². The Morgan fingerprint density at radius 1 is 0.931 bits per heavy atom. The molecule has 3 rings (SSSR count). The molecule has 0 unspecified atom stereocenters. The van der Waals surface area contributed by atoms with Crippen molar-refractivity contribution in [1.29, 1.82) is 0 Å². The molecule has 2 heterocycles. The third-order valence-electron chi connectivity index (χ3n) is 5.09. The maximum atomic E-state index is 12.4. The molecule has 0 spiro atoms. The average molecular weight is 394 g/mol. The van der Waals surface area contributed by atoms with Crippen LogP contribution in [-0.4, -0.2) is 31.4 Å². The number of carbonyl (C=O) groups excluding carboxylic acids is 2. The standard InChI is InChI=1S/C21H26N6O2/c1-13-18(15(3)26(5)24-13)11-22-20(28)21(29)23-19-14(2)25-27(16(19)4)12-17-9-7-6-8-10-17/h6-10H,11-12H2,1-5H3,(H,22,28)(H,23,29). The van der Waals surface area contributed by atoms with E-state index in [4.69, 9.17) is 0 Å². The molecule has 0 saturated carbocycles. The molecule has 2 amide bonds. The van der Waals surface area contributed by atoms with Gasteiger partial charge >= 0.3 is 11.8 Å². The fourth-order valence-electron chi connectivity index (χ4n) is 3.28. The van der Waals surface area contributed by atoms with Crippen molar-refractivity contribution in [3.63, 3.8) is 0 Å². The average Bonchev–Trinajstić information content (AvgIpc) is 3.09. The number of carbonyl (C=O) groups is 2. The first-order valence-electron chi connectivity index (χ1n) is 9.44. The predicted molar refractivity (Wildman–Crippen MR) is 110 cm³/mol. The summed E-state index contributed by atoms with van der Waals surface area (Å²) in [6.07, 6.45) is 0. The third-order valence-corrected chi connectivity index (χ3v) is 5.09. The van der Waals surface area contributed by atoms with Crippen molar-refractivity contribution in [1.82, 2.24) is 24.9 Å². The van der Waals surface area contributed by atoms with Crippen molar-refractivity contribution in [2.75, 3.05) is 5.32 Å². The number of nitrogens with zero attached hydrogens (tertiary/aromatic N) is 4. The van der Waals surface area contributed by atoms with Crippen LogP contribution in [0.1, 0.15) is 33.9 Å². The highest BCUT2D eigenvalue weighted by Gasteiger charge is 2.20. The van der Waals surface area contributed by atoms with Crippen molar-refractivity contribution < 1.29 is 9.59 Å². The van der Waals surface area contributed by atoms with E-state index in [1.54, 1.807) is 4.68 Å². The highest BCUT2D eigenvalue weighted by molar-refractivity contribution is 6.39. The largest absolute Gasteiger partial charge is 0.344 e. The molecule has 152 valence electrons. The maximum absolute atomic E-state index is 12.4. The van der Waals surface area contributed by atoms with Gasteiger partial charge in [-0.1, -0.05) is 30.3 Å². The van der Waals surface area contributed by atoms with Crippen LogP contribution < -0.4 is 10.6 Å². The molecule has 1 aromatic carbocycles. The number of benzene rings is 1. The van der Waals surface area contributed by atoms with Gasteiger partial charge < -0.3 is 10.6 Å². The van der Waals surface area contributed by atoms with E-state index in [1.165, 1.54) is 0 Å². The zero-order valence-electron chi connectivity index (χ0n) is 17.4. The van der Waals surface area contributed by atoms with Crippen LogP contribution in [0.15, 0.2) is 30.3 Å². The third kappa shape index (κ3) is 4.37. The van der Waals surface area contributed by atoms with Gasteiger partial charge in [-0.3, -0.25) is 19.0 Å². The Morgan fingerprint density at radius 3 is 2.24 bits per heavy atom. The lowest BCUT2D eigenvalue weighted by Crippen LogP contribution is -2.35. The number of hydrogen-bond acceptors (Lipinski definition) is 4. The second-order valence-electron chi connectivity index (χ2n) is 7.10. The summed E-state index contributed by atoms with van der Waals surface area (Å²) in [6.45, 7) is 8.33. The number of aromatic nitrogens is 4. The van der Waals surface area contributed by atoms with E-state index in [0.29, 0.717) is 17.9 Å². The van der Waals surface area contributed by atoms with Crippen LogP contribution >= 0.6 is 0 Å². The van der Waals surface area contributed by atoms with Gasteiger partial charge in [0.2, 0.25) is 0 Å². The Bertz CT molecular complexity index is 1050. The van der Waals surface area contributed by atoms with E-state index in [2.05, 4.69) is 20.8 Å². The molecular formula is C21H26N6O2. The van der Waals surface area contributed by atoms with Crippen LogP contribution in [0.25, 0.3) is 0 Å². The normalized spacial score (nSPS) is 10.8. The number of aryl methyl sites for hydroxylation is 3. The Morgan fingerprint density at radius 2 is 1.62 bits per heavy atom. The van der Waals surface area contributed by atoms with Gasteiger partial charge in [-0.15, -0.1) is 0 Å². The van der Waals surface area contributed by atoms with Crippen LogP contribution in [0.4, 0.5) is 5.69 Å². The fourth-order valence-corrected chi connectivity index (χ4v) is 3.28.